The largest absolute Gasteiger partial charge is 0.273 e. The van der Waals surface area contributed by atoms with E-state index in [2.05, 4.69) is 10.9 Å². The summed E-state index contributed by atoms with van der Waals surface area (Å²) in [5.41, 5.74) is 5.92. The third-order valence-electron chi connectivity index (χ3n) is 2.66. The van der Waals surface area contributed by atoms with E-state index in [-0.39, 0.29) is 17.7 Å². The van der Waals surface area contributed by atoms with Gasteiger partial charge < -0.3 is 0 Å². The maximum Gasteiger partial charge on any atom is 0.248 e. The molecule has 1 aromatic rings. The smallest absolute Gasteiger partial charge is 0.248 e. The Morgan fingerprint density at radius 2 is 2.11 bits per heavy atom. The Kier molecular flexibility index (Phi) is 5.10. The molecule has 19 heavy (non-hydrogen) atoms. The standard InChI is InChI=1S/C13H15ClN2O2S/c14-11-3-1-2-9(6-11)7-19-8-12(17)15-16-13(18)10-4-5-10/h1-3,6,10H,4-5,7-8H2,(H,15,17)(H,16,18). The van der Waals surface area contributed by atoms with Crippen LogP contribution >= 0.6 is 23.4 Å². The van der Waals surface area contributed by atoms with Gasteiger partial charge in [-0.3, -0.25) is 20.4 Å². The van der Waals surface area contributed by atoms with E-state index < -0.39 is 0 Å². The molecule has 102 valence electrons. The van der Waals surface area contributed by atoms with E-state index in [0.717, 1.165) is 18.4 Å². The molecule has 0 saturated heterocycles. The molecule has 2 rings (SSSR count). The SMILES string of the molecule is O=C(CSCc1cccc(Cl)c1)NNC(=O)C1CC1. The Morgan fingerprint density at radius 1 is 1.32 bits per heavy atom. The van der Waals surface area contributed by atoms with Gasteiger partial charge >= 0.3 is 0 Å². The number of halogens is 1. The highest BCUT2D eigenvalue weighted by molar-refractivity contribution is 7.99. The first-order valence-electron chi connectivity index (χ1n) is 6.06. The molecule has 1 aromatic carbocycles. The maximum atomic E-state index is 11.5. The van der Waals surface area contributed by atoms with Gasteiger partial charge in [0.25, 0.3) is 0 Å². The molecular weight excluding hydrogens is 284 g/mol. The zero-order valence-corrected chi connectivity index (χ0v) is 11.9. The fourth-order valence-electron chi connectivity index (χ4n) is 1.50. The summed E-state index contributed by atoms with van der Waals surface area (Å²) in [6.07, 6.45) is 1.84. The van der Waals surface area contributed by atoms with Crippen molar-refractivity contribution < 1.29 is 9.59 Å². The van der Waals surface area contributed by atoms with Crippen LogP contribution in [0.5, 0.6) is 0 Å². The molecular formula is C13H15ClN2O2S. The van der Waals surface area contributed by atoms with E-state index in [1.165, 1.54) is 11.8 Å². The third-order valence-corrected chi connectivity index (χ3v) is 3.90. The first kappa shape index (κ1) is 14.2. The lowest BCUT2D eigenvalue weighted by atomic mass is 10.2. The Bertz CT molecular complexity index is 477. The van der Waals surface area contributed by atoms with E-state index in [1.54, 1.807) is 0 Å². The number of rotatable bonds is 5. The van der Waals surface area contributed by atoms with Crippen molar-refractivity contribution in [2.24, 2.45) is 5.92 Å². The number of hydrogen-bond donors (Lipinski definition) is 2. The predicted molar refractivity (Wildman–Crippen MR) is 76.6 cm³/mol. The summed E-state index contributed by atoms with van der Waals surface area (Å²) in [4.78, 5) is 22.8. The van der Waals surface area contributed by atoms with Gasteiger partial charge in [0.15, 0.2) is 0 Å². The minimum atomic E-state index is -0.193. The van der Waals surface area contributed by atoms with Gasteiger partial charge in [0.05, 0.1) is 5.75 Å². The average molecular weight is 299 g/mol. The maximum absolute atomic E-state index is 11.5. The molecule has 1 saturated carbocycles. The van der Waals surface area contributed by atoms with E-state index in [9.17, 15) is 9.59 Å². The fourth-order valence-corrected chi connectivity index (χ4v) is 2.49. The zero-order valence-electron chi connectivity index (χ0n) is 10.3. The van der Waals surface area contributed by atoms with Gasteiger partial charge in [0.1, 0.15) is 0 Å². The van der Waals surface area contributed by atoms with Crippen molar-refractivity contribution in [3.63, 3.8) is 0 Å². The highest BCUT2D eigenvalue weighted by Gasteiger charge is 2.29. The van der Waals surface area contributed by atoms with Gasteiger partial charge in [-0.2, -0.15) is 0 Å². The second kappa shape index (κ2) is 6.82. The summed E-state index contributed by atoms with van der Waals surface area (Å²) >= 11 is 7.35. The van der Waals surface area contributed by atoms with Crippen molar-refractivity contribution in [3.05, 3.63) is 34.9 Å². The number of hydrogen-bond acceptors (Lipinski definition) is 3. The number of hydrazine groups is 1. The molecule has 1 aliphatic rings. The summed E-state index contributed by atoms with van der Waals surface area (Å²) in [6.45, 7) is 0. The van der Waals surface area contributed by atoms with Crippen molar-refractivity contribution in [2.45, 2.75) is 18.6 Å². The Balaban J connectivity index is 1.62. The lowest BCUT2D eigenvalue weighted by Gasteiger charge is -2.06. The van der Waals surface area contributed by atoms with Crippen molar-refractivity contribution in [2.75, 3.05) is 5.75 Å². The second-order valence-corrected chi connectivity index (χ2v) is 5.86. The quantitative estimate of drug-likeness (QED) is 0.819. The van der Waals surface area contributed by atoms with Crippen molar-refractivity contribution in [3.8, 4) is 0 Å². The summed E-state index contributed by atoms with van der Waals surface area (Å²) < 4.78 is 0. The first-order valence-corrected chi connectivity index (χ1v) is 7.59. The van der Waals surface area contributed by atoms with Crippen LogP contribution < -0.4 is 10.9 Å². The van der Waals surface area contributed by atoms with E-state index >= 15 is 0 Å². The number of benzene rings is 1. The molecule has 0 aromatic heterocycles. The van der Waals surface area contributed by atoms with Crippen LogP contribution in [0.4, 0.5) is 0 Å². The molecule has 0 radical (unpaired) electrons. The predicted octanol–water partition coefficient (Wildman–Crippen LogP) is 2.13. The number of carbonyl (C=O) groups is 2. The van der Waals surface area contributed by atoms with Crippen LogP contribution in [0.2, 0.25) is 5.02 Å². The normalized spacial score (nSPS) is 13.9. The summed E-state index contributed by atoms with van der Waals surface area (Å²) in [5, 5.41) is 0.694. The topological polar surface area (TPSA) is 58.2 Å². The molecule has 4 nitrogen and oxygen atoms in total. The Morgan fingerprint density at radius 3 is 2.79 bits per heavy atom. The zero-order chi connectivity index (χ0) is 13.7. The molecule has 6 heteroatoms. The summed E-state index contributed by atoms with van der Waals surface area (Å²) in [6, 6.07) is 7.54. The van der Waals surface area contributed by atoms with Gasteiger partial charge in [0.2, 0.25) is 11.8 Å². The minimum Gasteiger partial charge on any atom is -0.273 e. The van der Waals surface area contributed by atoms with Crippen LogP contribution in [0.1, 0.15) is 18.4 Å². The summed E-state index contributed by atoms with van der Waals surface area (Å²) in [7, 11) is 0. The Labute approximate surface area is 121 Å². The number of amides is 2. The lowest BCUT2D eigenvalue weighted by molar-refractivity contribution is -0.128. The van der Waals surface area contributed by atoms with Gasteiger partial charge in [-0.05, 0) is 30.5 Å². The van der Waals surface area contributed by atoms with Crippen molar-refractivity contribution in [1.82, 2.24) is 10.9 Å². The number of thioether (sulfide) groups is 1. The van der Waals surface area contributed by atoms with Crippen LogP contribution in [-0.2, 0) is 15.3 Å². The van der Waals surface area contributed by atoms with Crippen LogP contribution in [0.3, 0.4) is 0 Å². The molecule has 0 heterocycles. The molecule has 0 atom stereocenters. The molecule has 1 fully saturated rings. The van der Waals surface area contributed by atoms with Crippen LogP contribution in [0.15, 0.2) is 24.3 Å². The fraction of sp³-hybridized carbons (Fsp3) is 0.385. The van der Waals surface area contributed by atoms with Gasteiger partial charge in [0, 0.05) is 16.7 Å². The second-order valence-electron chi connectivity index (χ2n) is 4.43. The minimum absolute atomic E-state index is 0.0896. The molecule has 0 bridgehead atoms. The van der Waals surface area contributed by atoms with Crippen LogP contribution in [-0.4, -0.2) is 17.6 Å². The van der Waals surface area contributed by atoms with Gasteiger partial charge in [-0.15, -0.1) is 11.8 Å². The first-order chi connectivity index (χ1) is 9.15. The third kappa shape index (κ3) is 5.12. The van der Waals surface area contributed by atoms with Crippen LogP contribution in [0, 0.1) is 5.92 Å². The van der Waals surface area contributed by atoms with Crippen molar-refractivity contribution in [1.29, 1.82) is 0 Å². The van der Waals surface area contributed by atoms with Crippen molar-refractivity contribution >= 4 is 35.2 Å². The summed E-state index contributed by atoms with van der Waals surface area (Å²) in [5.74, 6) is 0.829. The number of nitrogens with one attached hydrogen (secondary N) is 2. The highest BCUT2D eigenvalue weighted by atomic mass is 35.5. The monoisotopic (exact) mass is 298 g/mol. The molecule has 2 amide bonds. The van der Waals surface area contributed by atoms with E-state index in [1.807, 2.05) is 24.3 Å². The molecule has 0 unspecified atom stereocenters. The van der Waals surface area contributed by atoms with Crippen LogP contribution in [0.25, 0.3) is 0 Å². The number of carbonyl (C=O) groups excluding carboxylic acids is 2. The molecule has 0 aliphatic heterocycles. The molecule has 2 N–H and O–H groups in total. The Hall–Kier alpha value is -1.20. The van der Waals surface area contributed by atoms with E-state index in [0.29, 0.717) is 16.5 Å². The average Bonchev–Trinajstić information content (AvgIpc) is 3.20. The van der Waals surface area contributed by atoms with Gasteiger partial charge in [-0.25, -0.2) is 0 Å². The lowest BCUT2D eigenvalue weighted by Crippen LogP contribution is -2.43. The molecule has 0 spiro atoms. The van der Waals surface area contributed by atoms with E-state index in [4.69, 9.17) is 11.6 Å². The van der Waals surface area contributed by atoms with Gasteiger partial charge in [-0.1, -0.05) is 23.7 Å². The highest BCUT2D eigenvalue weighted by Crippen LogP contribution is 2.28. The molecule has 1 aliphatic carbocycles.